The molecule has 5 heteroatoms. The van der Waals surface area contributed by atoms with Crippen molar-refractivity contribution < 1.29 is 8.42 Å². The van der Waals surface area contributed by atoms with Crippen LogP contribution in [0.4, 0.5) is 0 Å². The van der Waals surface area contributed by atoms with E-state index in [-0.39, 0.29) is 6.04 Å². The van der Waals surface area contributed by atoms with Crippen molar-refractivity contribution in [1.29, 1.82) is 0 Å². The molecule has 106 valence electrons. The highest BCUT2D eigenvalue weighted by atomic mass is 32.2. The summed E-state index contributed by atoms with van der Waals surface area (Å²) in [5.74, 6) is 0.297. The van der Waals surface area contributed by atoms with Crippen LogP contribution in [0.5, 0.6) is 0 Å². The topological polar surface area (TPSA) is 40.6 Å². The Kier molecular flexibility index (Phi) is 3.99. The lowest BCUT2D eigenvalue weighted by Gasteiger charge is -2.24. The summed E-state index contributed by atoms with van der Waals surface area (Å²) < 4.78 is 27.4. The monoisotopic (exact) mass is 282 g/mol. The number of nitrogens with zero attached hydrogens (tertiary/aromatic N) is 2. The average molecular weight is 282 g/mol. The van der Waals surface area contributed by atoms with Crippen molar-refractivity contribution in [1.82, 2.24) is 8.61 Å². The lowest BCUT2D eigenvalue weighted by molar-refractivity contribution is 0.371. The minimum absolute atomic E-state index is 0.0528. The average Bonchev–Trinajstić information content (AvgIpc) is 2.72. The Hall–Kier alpha value is -0.910. The predicted octanol–water partition coefficient (Wildman–Crippen LogP) is 1.98. The van der Waals surface area contributed by atoms with Gasteiger partial charge in [-0.05, 0) is 37.3 Å². The summed E-state index contributed by atoms with van der Waals surface area (Å²) in [7, 11) is -0.140. The van der Waals surface area contributed by atoms with Crippen LogP contribution >= 0.6 is 0 Å². The summed E-state index contributed by atoms with van der Waals surface area (Å²) in [6.07, 6.45) is 0.887. The SMILES string of the molecule is Cc1ccccc1[C@H]1C[C@@H](C)N(S(=O)(=O)N(C)C)C1. The molecule has 19 heavy (non-hydrogen) atoms. The van der Waals surface area contributed by atoms with E-state index in [0.717, 1.165) is 6.42 Å². The first-order valence-corrected chi connectivity index (χ1v) is 7.98. The molecule has 0 unspecified atom stereocenters. The van der Waals surface area contributed by atoms with Gasteiger partial charge < -0.3 is 0 Å². The molecule has 2 rings (SSSR count). The van der Waals surface area contributed by atoms with Crippen LogP contribution in [0.25, 0.3) is 0 Å². The lowest BCUT2D eigenvalue weighted by Crippen LogP contribution is -2.41. The third-order valence-electron chi connectivity index (χ3n) is 3.90. The molecule has 1 aromatic carbocycles. The van der Waals surface area contributed by atoms with E-state index in [1.807, 2.05) is 19.1 Å². The molecule has 1 heterocycles. The lowest BCUT2D eigenvalue weighted by atomic mass is 9.93. The molecule has 4 nitrogen and oxygen atoms in total. The summed E-state index contributed by atoms with van der Waals surface area (Å²) in [5, 5.41) is 0. The van der Waals surface area contributed by atoms with E-state index in [9.17, 15) is 8.42 Å². The minimum atomic E-state index is -3.31. The van der Waals surface area contributed by atoms with Gasteiger partial charge in [-0.1, -0.05) is 24.3 Å². The first kappa shape index (κ1) is 14.5. The van der Waals surface area contributed by atoms with Gasteiger partial charge >= 0.3 is 0 Å². The zero-order valence-corrected chi connectivity index (χ0v) is 12.8. The zero-order valence-electron chi connectivity index (χ0n) is 12.0. The highest BCUT2D eigenvalue weighted by Gasteiger charge is 2.38. The number of aryl methyl sites for hydroxylation is 1. The van der Waals surface area contributed by atoms with Crippen molar-refractivity contribution in [3.63, 3.8) is 0 Å². The van der Waals surface area contributed by atoms with Crippen LogP contribution in [0.1, 0.15) is 30.4 Å². The van der Waals surface area contributed by atoms with E-state index >= 15 is 0 Å². The van der Waals surface area contributed by atoms with Crippen molar-refractivity contribution in [2.75, 3.05) is 20.6 Å². The fraction of sp³-hybridized carbons (Fsp3) is 0.571. The molecular formula is C14H22N2O2S. The normalized spacial score (nSPS) is 25.1. The number of benzene rings is 1. The Morgan fingerprint density at radius 3 is 2.47 bits per heavy atom. The second-order valence-electron chi connectivity index (χ2n) is 5.50. The summed E-state index contributed by atoms with van der Waals surface area (Å²) in [6, 6.07) is 8.29. The molecule has 0 saturated carbocycles. The number of hydrogen-bond donors (Lipinski definition) is 0. The van der Waals surface area contributed by atoms with Gasteiger partial charge in [-0.3, -0.25) is 0 Å². The standard InChI is InChI=1S/C14H22N2O2S/c1-11-7-5-6-8-14(11)13-9-12(2)16(10-13)19(17,18)15(3)4/h5-8,12-13H,9-10H2,1-4H3/t12-,13+/m1/s1. The van der Waals surface area contributed by atoms with Gasteiger partial charge in [-0.25, -0.2) is 0 Å². The first-order valence-electron chi connectivity index (χ1n) is 6.59. The van der Waals surface area contributed by atoms with Gasteiger partial charge in [0.15, 0.2) is 0 Å². The molecule has 0 bridgehead atoms. The van der Waals surface area contributed by atoms with E-state index in [0.29, 0.717) is 12.5 Å². The maximum atomic E-state index is 12.3. The molecule has 1 aromatic rings. The van der Waals surface area contributed by atoms with E-state index in [1.54, 1.807) is 18.4 Å². The van der Waals surface area contributed by atoms with Gasteiger partial charge in [-0.2, -0.15) is 17.0 Å². The molecule has 0 radical (unpaired) electrons. The van der Waals surface area contributed by atoms with Gasteiger partial charge in [0.1, 0.15) is 0 Å². The van der Waals surface area contributed by atoms with Crippen molar-refractivity contribution in [2.24, 2.45) is 0 Å². The fourth-order valence-electron chi connectivity index (χ4n) is 2.80. The fourth-order valence-corrected chi connectivity index (χ4v) is 4.13. The Morgan fingerprint density at radius 2 is 1.89 bits per heavy atom. The van der Waals surface area contributed by atoms with Gasteiger partial charge in [0, 0.05) is 26.7 Å². The van der Waals surface area contributed by atoms with E-state index < -0.39 is 10.2 Å². The largest absolute Gasteiger partial charge is 0.281 e. The predicted molar refractivity (Wildman–Crippen MR) is 77.3 cm³/mol. The third kappa shape index (κ3) is 2.68. The van der Waals surface area contributed by atoms with Crippen LogP contribution in [0, 0.1) is 6.92 Å². The second kappa shape index (κ2) is 5.23. The van der Waals surface area contributed by atoms with Crippen molar-refractivity contribution in [3.05, 3.63) is 35.4 Å². The summed E-state index contributed by atoms with van der Waals surface area (Å²) in [4.78, 5) is 0. The minimum Gasteiger partial charge on any atom is -0.195 e. The maximum Gasteiger partial charge on any atom is 0.281 e. The van der Waals surface area contributed by atoms with Crippen molar-refractivity contribution in [2.45, 2.75) is 32.2 Å². The molecule has 0 spiro atoms. The maximum absolute atomic E-state index is 12.3. The molecule has 1 aliphatic rings. The van der Waals surface area contributed by atoms with Gasteiger partial charge in [0.2, 0.25) is 0 Å². The highest BCUT2D eigenvalue weighted by Crippen LogP contribution is 2.35. The molecule has 0 aliphatic carbocycles. The molecule has 2 atom stereocenters. The van der Waals surface area contributed by atoms with Crippen LogP contribution < -0.4 is 0 Å². The molecule has 0 amide bonds. The van der Waals surface area contributed by atoms with Crippen molar-refractivity contribution >= 4 is 10.2 Å². The molecule has 0 aromatic heterocycles. The van der Waals surface area contributed by atoms with Crippen molar-refractivity contribution in [3.8, 4) is 0 Å². The summed E-state index contributed by atoms with van der Waals surface area (Å²) in [6.45, 7) is 4.65. The highest BCUT2D eigenvalue weighted by molar-refractivity contribution is 7.86. The Bertz CT molecular complexity index is 554. The molecule has 1 fully saturated rings. The Labute approximate surface area is 116 Å². The van der Waals surface area contributed by atoms with E-state index in [4.69, 9.17) is 0 Å². The third-order valence-corrected chi connectivity index (χ3v) is 5.93. The molecule has 0 N–H and O–H groups in total. The zero-order chi connectivity index (χ0) is 14.2. The van der Waals surface area contributed by atoms with Gasteiger partial charge in [0.05, 0.1) is 0 Å². The smallest absolute Gasteiger partial charge is 0.195 e. The Balaban J connectivity index is 2.26. The van der Waals surface area contributed by atoms with Crippen LogP contribution in [0.2, 0.25) is 0 Å². The van der Waals surface area contributed by atoms with Crippen LogP contribution in [-0.4, -0.2) is 43.7 Å². The second-order valence-corrected chi connectivity index (χ2v) is 7.59. The quantitative estimate of drug-likeness (QED) is 0.850. The van der Waals surface area contributed by atoms with Crippen LogP contribution in [-0.2, 0) is 10.2 Å². The van der Waals surface area contributed by atoms with Crippen LogP contribution in [0.3, 0.4) is 0 Å². The number of rotatable bonds is 3. The van der Waals surface area contributed by atoms with Crippen LogP contribution in [0.15, 0.2) is 24.3 Å². The van der Waals surface area contributed by atoms with E-state index in [2.05, 4.69) is 19.1 Å². The molecule has 1 saturated heterocycles. The number of hydrogen-bond acceptors (Lipinski definition) is 2. The first-order chi connectivity index (χ1) is 8.84. The van der Waals surface area contributed by atoms with Gasteiger partial charge in [0.25, 0.3) is 10.2 Å². The molecular weight excluding hydrogens is 260 g/mol. The summed E-state index contributed by atoms with van der Waals surface area (Å²) in [5.41, 5.74) is 2.51. The Morgan fingerprint density at radius 1 is 1.26 bits per heavy atom. The summed E-state index contributed by atoms with van der Waals surface area (Å²) >= 11 is 0. The van der Waals surface area contributed by atoms with Gasteiger partial charge in [-0.15, -0.1) is 0 Å². The van der Waals surface area contributed by atoms with E-state index in [1.165, 1.54) is 15.4 Å². The molecule has 1 aliphatic heterocycles.